The number of hydrogen-bond donors (Lipinski definition) is 4. The monoisotopic (exact) mass is 900 g/mol. The van der Waals surface area contributed by atoms with Crippen molar-refractivity contribution in [2.24, 2.45) is 0 Å². The van der Waals surface area contributed by atoms with Crippen molar-refractivity contribution in [1.82, 2.24) is 30.2 Å². The standard InChI is InChI=1S/C45H56N6O8S2Si/c1-44(2,3)62(5,6)59-35(31-16-18-34(52)39-32(31)17-19-38(53)47-39)26-46-25-28-24-33-40(42-41(28)56-27-57-42)51(49-48-33)21-9-20-50(4)29-12-14-30(15-13-29)58-43(54)45(55,36-10-7-22-60-36)37-11-8-23-61-37/h7-8,10-11,16-19,22-24,29-30,35,46,52,55H,9,12-15,20-21,25-27H2,1-6H3,(H,47,53)/t29-,30-,35?. The predicted molar refractivity (Wildman–Crippen MR) is 244 cm³/mol. The summed E-state index contributed by atoms with van der Waals surface area (Å²) in [6.07, 6.45) is 3.48. The van der Waals surface area contributed by atoms with Gasteiger partial charge in [0, 0.05) is 42.7 Å². The highest BCUT2D eigenvalue weighted by Crippen LogP contribution is 2.44. The van der Waals surface area contributed by atoms with Gasteiger partial charge in [-0.25, -0.2) is 9.48 Å². The molecule has 6 aromatic rings. The number of hydrogen-bond acceptors (Lipinski definition) is 14. The van der Waals surface area contributed by atoms with Crippen molar-refractivity contribution >= 4 is 58.9 Å². The number of nitrogens with zero attached hydrogens (tertiary/aromatic N) is 4. The smallest absolute Gasteiger partial charge is 0.349 e. The maximum atomic E-state index is 13.5. The Bertz CT molecular complexity index is 2530. The van der Waals surface area contributed by atoms with Crippen molar-refractivity contribution in [3.63, 3.8) is 0 Å². The maximum absolute atomic E-state index is 13.5. The fourth-order valence-electron chi connectivity index (χ4n) is 8.28. The van der Waals surface area contributed by atoms with Crippen molar-refractivity contribution in [1.29, 1.82) is 0 Å². The molecule has 62 heavy (non-hydrogen) atoms. The zero-order valence-electron chi connectivity index (χ0n) is 36.1. The molecule has 1 aliphatic heterocycles. The summed E-state index contributed by atoms with van der Waals surface area (Å²) in [6, 6.07) is 16.3. The summed E-state index contributed by atoms with van der Waals surface area (Å²) in [7, 11) is -0.125. The maximum Gasteiger partial charge on any atom is 0.349 e. The number of thiophene rings is 2. The zero-order chi connectivity index (χ0) is 43.8. The van der Waals surface area contributed by atoms with Crippen molar-refractivity contribution in [2.45, 2.75) is 108 Å². The number of aliphatic hydroxyl groups is 1. The van der Waals surface area contributed by atoms with Crippen LogP contribution >= 0.6 is 22.7 Å². The Kier molecular flexibility index (Phi) is 12.7. The number of aromatic hydroxyl groups is 1. The number of fused-ring (bicyclic) bond motifs is 4. The van der Waals surface area contributed by atoms with Crippen molar-refractivity contribution in [3.8, 4) is 17.2 Å². The Balaban J connectivity index is 0.886. The lowest BCUT2D eigenvalue weighted by Gasteiger charge is -2.39. The Morgan fingerprint density at radius 3 is 2.44 bits per heavy atom. The zero-order valence-corrected chi connectivity index (χ0v) is 38.7. The molecule has 1 aliphatic carbocycles. The van der Waals surface area contributed by atoms with Gasteiger partial charge in [-0.1, -0.05) is 44.2 Å². The second kappa shape index (κ2) is 17.9. The first-order chi connectivity index (χ1) is 29.6. The van der Waals surface area contributed by atoms with Crippen LogP contribution in [0.3, 0.4) is 0 Å². The van der Waals surface area contributed by atoms with E-state index in [1.807, 2.05) is 39.7 Å². The third-order valence-corrected chi connectivity index (χ3v) is 19.2. The van der Waals surface area contributed by atoms with Crippen LogP contribution < -0.4 is 20.3 Å². The van der Waals surface area contributed by atoms with Gasteiger partial charge in [0.15, 0.2) is 19.8 Å². The van der Waals surface area contributed by atoms with Crippen LogP contribution in [0.4, 0.5) is 0 Å². The number of aromatic nitrogens is 4. The van der Waals surface area contributed by atoms with Gasteiger partial charge in [0.2, 0.25) is 18.0 Å². The van der Waals surface area contributed by atoms with Gasteiger partial charge in [-0.3, -0.25) is 4.79 Å². The number of rotatable bonds is 16. The van der Waals surface area contributed by atoms with E-state index in [-0.39, 0.29) is 35.3 Å². The van der Waals surface area contributed by atoms with E-state index in [2.05, 4.69) is 66.4 Å². The third kappa shape index (κ3) is 8.80. The average molecular weight is 901 g/mol. The van der Waals surface area contributed by atoms with Crippen molar-refractivity contribution in [3.05, 3.63) is 96.6 Å². The van der Waals surface area contributed by atoms with Crippen LogP contribution in [0.25, 0.3) is 21.9 Å². The van der Waals surface area contributed by atoms with E-state index in [1.54, 1.807) is 24.3 Å². The number of carbonyl (C=O) groups is 1. The summed E-state index contributed by atoms with van der Waals surface area (Å²) in [5.41, 5.74) is 1.61. The largest absolute Gasteiger partial charge is 0.506 e. The lowest BCUT2D eigenvalue weighted by molar-refractivity contribution is -0.169. The summed E-state index contributed by atoms with van der Waals surface area (Å²) >= 11 is 2.70. The lowest BCUT2D eigenvalue weighted by Crippen LogP contribution is -2.43. The molecule has 2 aliphatic rings. The Labute approximate surface area is 369 Å². The highest BCUT2D eigenvalue weighted by atomic mass is 32.1. The van der Waals surface area contributed by atoms with Gasteiger partial charge in [-0.05, 0) is 110 Å². The summed E-state index contributed by atoms with van der Waals surface area (Å²) in [5.74, 6) is 0.709. The summed E-state index contributed by atoms with van der Waals surface area (Å²) < 4.78 is 27.0. The van der Waals surface area contributed by atoms with Crippen molar-refractivity contribution < 1.29 is 33.6 Å². The normalized spacial score (nSPS) is 17.6. The number of esters is 1. The molecule has 1 atom stereocenters. The minimum atomic E-state index is -2.27. The number of H-pyrrole nitrogens is 1. The number of carbonyl (C=O) groups excluding carboxylic acids is 1. The molecule has 0 radical (unpaired) electrons. The molecule has 1 saturated carbocycles. The molecule has 2 aromatic carbocycles. The number of benzene rings is 2. The quantitative estimate of drug-likeness (QED) is 0.0550. The van der Waals surface area contributed by atoms with Crippen LogP contribution in [0.2, 0.25) is 18.1 Å². The Hall–Kier alpha value is -4.62. The Morgan fingerprint density at radius 2 is 1.76 bits per heavy atom. The number of ether oxygens (including phenoxy) is 3. The number of aryl methyl sites for hydroxylation is 1. The van der Waals surface area contributed by atoms with Crippen LogP contribution in [0, 0.1) is 0 Å². The van der Waals surface area contributed by atoms with Gasteiger partial charge in [0.05, 0.1) is 21.4 Å². The predicted octanol–water partition coefficient (Wildman–Crippen LogP) is 7.80. The molecule has 4 aromatic heterocycles. The van der Waals surface area contributed by atoms with Gasteiger partial charge in [-0.2, -0.15) is 0 Å². The van der Waals surface area contributed by atoms with Gasteiger partial charge >= 0.3 is 5.97 Å². The van der Waals surface area contributed by atoms with Crippen LogP contribution in [-0.2, 0) is 32.6 Å². The molecule has 14 nitrogen and oxygen atoms in total. The van der Waals surface area contributed by atoms with E-state index in [9.17, 15) is 19.8 Å². The van der Waals surface area contributed by atoms with Crippen molar-refractivity contribution in [2.75, 3.05) is 26.9 Å². The third-order valence-electron chi connectivity index (χ3n) is 12.8. The lowest BCUT2D eigenvalue weighted by atomic mass is 9.91. The molecular formula is C45H56N6O8S2Si. The molecule has 0 bridgehead atoms. The first kappa shape index (κ1) is 44.0. The van der Waals surface area contributed by atoms with Gasteiger partial charge in [-0.15, -0.1) is 27.8 Å². The van der Waals surface area contributed by atoms with Gasteiger partial charge < -0.3 is 44.1 Å². The van der Waals surface area contributed by atoms with E-state index in [4.69, 9.17) is 18.6 Å². The summed E-state index contributed by atoms with van der Waals surface area (Å²) in [5, 5.41) is 39.3. The SMILES string of the molecule is CN(CCCn1nnc2cc(CNCC(O[Si](C)(C)C(C)(C)C)c3ccc(O)c4[nH]c(=O)ccc34)c3c(c21)OCO3)[C@H]1CC[C@H](OC(=O)C(O)(c2cccs2)c2cccs2)CC1. The minimum absolute atomic E-state index is 0.0109. The average Bonchev–Trinajstić information content (AvgIpc) is 4.09. The fraction of sp³-hybridized carbons (Fsp3) is 0.467. The molecule has 0 saturated heterocycles. The molecule has 5 heterocycles. The second-order valence-electron chi connectivity index (χ2n) is 17.9. The van der Waals surface area contributed by atoms with Gasteiger partial charge in [0.1, 0.15) is 22.9 Å². The number of pyridine rings is 1. The molecule has 330 valence electrons. The van der Waals surface area contributed by atoms with E-state index < -0.39 is 19.9 Å². The van der Waals surface area contributed by atoms with E-state index >= 15 is 0 Å². The minimum Gasteiger partial charge on any atom is -0.506 e. The summed E-state index contributed by atoms with van der Waals surface area (Å²) in [6.45, 7) is 13.5. The number of phenols is 1. The Morgan fingerprint density at radius 1 is 1.05 bits per heavy atom. The highest BCUT2D eigenvalue weighted by molar-refractivity contribution is 7.12. The molecule has 8 rings (SSSR count). The van der Waals surface area contributed by atoms with E-state index in [0.29, 0.717) is 52.4 Å². The molecule has 0 amide bonds. The number of aromatic amines is 1. The van der Waals surface area contributed by atoms with Crippen LogP contribution in [0.1, 0.15) is 79.9 Å². The molecule has 1 unspecified atom stereocenters. The molecule has 0 spiro atoms. The summed E-state index contributed by atoms with van der Waals surface area (Å²) in [4.78, 5) is 32.0. The van der Waals surface area contributed by atoms with Gasteiger partial charge in [0.25, 0.3) is 0 Å². The van der Waals surface area contributed by atoms with E-state index in [1.165, 1.54) is 28.7 Å². The fourth-order valence-corrected chi connectivity index (χ4v) is 11.3. The second-order valence-corrected chi connectivity index (χ2v) is 24.6. The van der Waals surface area contributed by atoms with Crippen LogP contribution in [0.15, 0.2) is 70.2 Å². The molecule has 17 heteroatoms. The first-order valence-corrected chi connectivity index (χ1v) is 25.9. The molecule has 4 N–H and O–H groups in total. The topological polar surface area (TPSA) is 173 Å². The molecule has 1 fully saturated rings. The highest BCUT2D eigenvalue weighted by Gasteiger charge is 2.45. The van der Waals surface area contributed by atoms with E-state index in [0.717, 1.165) is 66.2 Å². The van der Waals surface area contributed by atoms with Crippen LogP contribution in [-0.4, -0.2) is 88.5 Å². The number of nitrogens with one attached hydrogen (secondary N) is 2. The first-order valence-electron chi connectivity index (χ1n) is 21.2. The van der Waals surface area contributed by atoms with Crippen LogP contribution in [0.5, 0.6) is 17.2 Å². The molecular weight excluding hydrogens is 845 g/mol. The number of phenolic OH excluding ortho intramolecular Hbond substituents is 1.